The Morgan fingerprint density at radius 1 is 1.00 bits per heavy atom. The van der Waals surface area contributed by atoms with Gasteiger partial charge in [0.2, 0.25) is 17.7 Å². The number of amides is 3. The van der Waals surface area contributed by atoms with E-state index < -0.39 is 60.8 Å². The molecule has 0 rings (SSSR count). The van der Waals surface area contributed by atoms with Crippen molar-refractivity contribution < 1.29 is 34.2 Å². The molecule has 0 aromatic heterocycles. The molecule has 0 saturated carbocycles. The summed E-state index contributed by atoms with van der Waals surface area (Å²) in [6, 6.07) is -3.52. The molecule has 0 bridgehead atoms. The van der Waals surface area contributed by atoms with Gasteiger partial charge in [-0.3, -0.25) is 24.0 Å². The number of carbonyl (C=O) groups is 5. The van der Waals surface area contributed by atoms with E-state index in [0.717, 1.165) is 0 Å². The molecule has 154 valence electrons. The normalized spacial score (nSPS) is 13.7. The average molecular weight is 389 g/mol. The molecule has 0 spiro atoms. The Labute approximate surface area is 156 Å². The number of nitrogens with two attached hydrogens (primary N) is 2. The van der Waals surface area contributed by atoms with Crippen molar-refractivity contribution in [1.82, 2.24) is 16.0 Å². The van der Waals surface area contributed by atoms with Crippen molar-refractivity contribution in [2.45, 2.75) is 50.7 Å². The van der Waals surface area contributed by atoms with Crippen LogP contribution in [-0.2, 0) is 24.0 Å². The van der Waals surface area contributed by atoms with E-state index in [9.17, 15) is 24.0 Å². The molecule has 0 aliphatic carbocycles. The third-order valence-electron chi connectivity index (χ3n) is 3.49. The molecular formula is C15H27N5O7. The summed E-state index contributed by atoms with van der Waals surface area (Å²) < 4.78 is 0. The smallest absolute Gasteiger partial charge is 0.325 e. The number of carboxylic acid groups (broad SMARTS) is 2. The Morgan fingerprint density at radius 2 is 1.63 bits per heavy atom. The molecule has 12 nitrogen and oxygen atoms in total. The van der Waals surface area contributed by atoms with Crippen molar-refractivity contribution in [3.05, 3.63) is 0 Å². The van der Waals surface area contributed by atoms with Crippen molar-refractivity contribution in [2.75, 3.05) is 13.1 Å². The minimum absolute atomic E-state index is 0.319. The van der Waals surface area contributed by atoms with E-state index in [4.69, 9.17) is 21.7 Å². The fourth-order valence-electron chi connectivity index (χ4n) is 1.95. The molecular weight excluding hydrogens is 362 g/mol. The summed E-state index contributed by atoms with van der Waals surface area (Å²) in [4.78, 5) is 57.2. The summed E-state index contributed by atoms with van der Waals surface area (Å²) in [7, 11) is 0. The van der Waals surface area contributed by atoms with Crippen molar-refractivity contribution in [2.24, 2.45) is 11.5 Å². The topological polar surface area (TPSA) is 214 Å². The van der Waals surface area contributed by atoms with Gasteiger partial charge in [0.25, 0.3) is 0 Å². The van der Waals surface area contributed by atoms with Gasteiger partial charge in [-0.25, -0.2) is 0 Å². The van der Waals surface area contributed by atoms with E-state index in [1.807, 2.05) is 0 Å². The molecule has 0 fully saturated rings. The Hall–Kier alpha value is -2.73. The first kappa shape index (κ1) is 24.3. The van der Waals surface area contributed by atoms with Crippen molar-refractivity contribution in [1.29, 1.82) is 0 Å². The number of rotatable bonds is 13. The molecule has 3 unspecified atom stereocenters. The number of hydrogen-bond acceptors (Lipinski definition) is 7. The highest BCUT2D eigenvalue weighted by Crippen LogP contribution is 2.00. The number of hydrogen-bond donors (Lipinski definition) is 7. The molecule has 0 radical (unpaired) electrons. The van der Waals surface area contributed by atoms with Gasteiger partial charge in [-0.15, -0.1) is 0 Å². The zero-order valence-electron chi connectivity index (χ0n) is 15.1. The number of nitrogens with one attached hydrogen (secondary N) is 3. The van der Waals surface area contributed by atoms with Gasteiger partial charge in [-0.2, -0.15) is 0 Å². The fraction of sp³-hybridized carbons (Fsp3) is 0.667. The molecule has 3 atom stereocenters. The number of aliphatic carboxylic acids is 2. The number of unbranched alkanes of at least 4 members (excludes halogenated alkanes) is 1. The van der Waals surface area contributed by atoms with E-state index in [1.165, 1.54) is 6.92 Å². The second-order valence-corrected chi connectivity index (χ2v) is 5.90. The van der Waals surface area contributed by atoms with Crippen LogP contribution in [0.15, 0.2) is 0 Å². The lowest BCUT2D eigenvalue weighted by Crippen LogP contribution is -2.54. The summed E-state index contributed by atoms with van der Waals surface area (Å²) in [5.74, 6) is -4.97. The summed E-state index contributed by atoms with van der Waals surface area (Å²) in [6.45, 7) is 1.10. The maximum absolute atomic E-state index is 12.1. The molecule has 0 aliphatic heterocycles. The Bertz CT molecular complexity index is 555. The molecule has 0 aromatic rings. The van der Waals surface area contributed by atoms with Crippen molar-refractivity contribution in [3.8, 4) is 0 Å². The third-order valence-corrected chi connectivity index (χ3v) is 3.49. The van der Waals surface area contributed by atoms with E-state index in [0.29, 0.717) is 25.8 Å². The highest BCUT2D eigenvalue weighted by Gasteiger charge is 2.26. The maximum Gasteiger partial charge on any atom is 0.325 e. The number of carboxylic acids is 2. The van der Waals surface area contributed by atoms with Crippen LogP contribution in [-0.4, -0.2) is 71.1 Å². The highest BCUT2D eigenvalue weighted by molar-refractivity contribution is 5.94. The SMILES string of the molecule is CC(NC(=O)CNC(=O)C(CC(=O)O)NC(=O)C(N)CCCCN)C(=O)O. The predicted octanol–water partition coefficient (Wildman–Crippen LogP) is -2.89. The van der Waals surface area contributed by atoms with Crippen LogP contribution in [0.4, 0.5) is 0 Å². The van der Waals surface area contributed by atoms with Crippen LogP contribution >= 0.6 is 0 Å². The number of carbonyl (C=O) groups excluding carboxylic acids is 3. The van der Waals surface area contributed by atoms with E-state index in [2.05, 4.69) is 16.0 Å². The largest absolute Gasteiger partial charge is 0.481 e. The van der Waals surface area contributed by atoms with Gasteiger partial charge in [-0.05, 0) is 26.3 Å². The summed E-state index contributed by atoms with van der Waals surface area (Å²) in [5.41, 5.74) is 11.0. The summed E-state index contributed by atoms with van der Waals surface area (Å²) >= 11 is 0. The van der Waals surface area contributed by atoms with Crippen LogP contribution in [0.1, 0.15) is 32.6 Å². The van der Waals surface area contributed by atoms with Gasteiger partial charge < -0.3 is 37.6 Å². The first-order valence-corrected chi connectivity index (χ1v) is 8.36. The molecule has 0 heterocycles. The van der Waals surface area contributed by atoms with Gasteiger partial charge in [0, 0.05) is 0 Å². The van der Waals surface area contributed by atoms with Crippen LogP contribution in [0.3, 0.4) is 0 Å². The van der Waals surface area contributed by atoms with Gasteiger partial charge in [0.1, 0.15) is 12.1 Å². The summed E-state index contributed by atoms with van der Waals surface area (Å²) in [6.07, 6.45) is 0.882. The molecule has 0 aromatic carbocycles. The van der Waals surface area contributed by atoms with E-state index >= 15 is 0 Å². The lowest BCUT2D eigenvalue weighted by Gasteiger charge is -2.19. The lowest BCUT2D eigenvalue weighted by atomic mass is 10.1. The van der Waals surface area contributed by atoms with Gasteiger partial charge in [0.15, 0.2) is 0 Å². The predicted molar refractivity (Wildman–Crippen MR) is 93.3 cm³/mol. The van der Waals surface area contributed by atoms with Crippen LogP contribution in [0.5, 0.6) is 0 Å². The zero-order valence-corrected chi connectivity index (χ0v) is 15.1. The second kappa shape index (κ2) is 12.6. The minimum atomic E-state index is -1.43. The van der Waals surface area contributed by atoms with Crippen LogP contribution in [0.2, 0.25) is 0 Å². The fourth-order valence-corrected chi connectivity index (χ4v) is 1.95. The van der Waals surface area contributed by atoms with Crippen LogP contribution < -0.4 is 27.4 Å². The Kier molecular flexibility index (Phi) is 11.3. The first-order valence-electron chi connectivity index (χ1n) is 8.36. The quantitative estimate of drug-likeness (QED) is 0.161. The second-order valence-electron chi connectivity index (χ2n) is 5.90. The third kappa shape index (κ3) is 10.8. The first-order chi connectivity index (χ1) is 12.6. The van der Waals surface area contributed by atoms with Crippen LogP contribution in [0.25, 0.3) is 0 Å². The molecule has 0 aliphatic rings. The van der Waals surface area contributed by atoms with Gasteiger partial charge in [0.05, 0.1) is 19.0 Å². The minimum Gasteiger partial charge on any atom is -0.481 e. The maximum atomic E-state index is 12.1. The van der Waals surface area contributed by atoms with Gasteiger partial charge >= 0.3 is 11.9 Å². The Balaban J connectivity index is 4.67. The van der Waals surface area contributed by atoms with E-state index in [-0.39, 0.29) is 0 Å². The zero-order chi connectivity index (χ0) is 21.0. The van der Waals surface area contributed by atoms with Crippen molar-refractivity contribution >= 4 is 29.7 Å². The van der Waals surface area contributed by atoms with Crippen molar-refractivity contribution in [3.63, 3.8) is 0 Å². The average Bonchev–Trinajstić information content (AvgIpc) is 2.58. The molecule has 0 saturated heterocycles. The summed E-state index contributed by atoms with van der Waals surface area (Å²) in [5, 5.41) is 24.1. The van der Waals surface area contributed by atoms with Crippen LogP contribution in [0, 0.1) is 0 Å². The van der Waals surface area contributed by atoms with Gasteiger partial charge in [-0.1, -0.05) is 6.42 Å². The molecule has 9 N–H and O–H groups in total. The monoisotopic (exact) mass is 389 g/mol. The lowest BCUT2D eigenvalue weighted by molar-refractivity contribution is -0.142. The molecule has 27 heavy (non-hydrogen) atoms. The highest BCUT2D eigenvalue weighted by atomic mass is 16.4. The standard InChI is InChI=1S/C15H27N5O7/c1-8(15(26)27)19-11(21)7-18-14(25)10(6-12(22)23)20-13(24)9(17)4-2-3-5-16/h8-10H,2-7,16-17H2,1H3,(H,18,25)(H,19,21)(H,20,24)(H,22,23)(H,26,27). The molecule has 3 amide bonds. The Morgan fingerprint density at radius 3 is 2.15 bits per heavy atom. The molecule has 12 heteroatoms. The van der Waals surface area contributed by atoms with E-state index in [1.54, 1.807) is 0 Å².